The fourth-order valence-electron chi connectivity index (χ4n) is 2.91. The number of ether oxygens (including phenoxy) is 1. The number of nitrogens with zero attached hydrogens (tertiary/aromatic N) is 2. The molecule has 2 heterocycles. The summed E-state index contributed by atoms with van der Waals surface area (Å²) < 4.78 is 6.01. The molecule has 1 aliphatic heterocycles. The smallest absolute Gasteiger partial charge is 0.152 e. The maximum absolute atomic E-state index is 6.43. The molecule has 2 aromatic carbocycles. The molecule has 5 heteroatoms. The zero-order chi connectivity index (χ0) is 17.9. The van der Waals surface area contributed by atoms with E-state index in [1.165, 1.54) is 0 Å². The van der Waals surface area contributed by atoms with Gasteiger partial charge in [0.2, 0.25) is 0 Å². The molecule has 26 heavy (non-hydrogen) atoms. The van der Waals surface area contributed by atoms with Crippen molar-refractivity contribution in [1.82, 2.24) is 4.98 Å². The van der Waals surface area contributed by atoms with Gasteiger partial charge in [-0.15, -0.1) is 0 Å². The summed E-state index contributed by atoms with van der Waals surface area (Å²) in [7, 11) is 0. The molecule has 3 aromatic rings. The molecule has 0 saturated carbocycles. The summed E-state index contributed by atoms with van der Waals surface area (Å²) in [6.07, 6.45) is 1.69. The molecule has 130 valence electrons. The highest BCUT2D eigenvalue weighted by atomic mass is 35.5. The number of halogens is 1. The first-order chi connectivity index (χ1) is 12.7. The molecular weight excluding hydrogens is 346 g/mol. The minimum Gasteiger partial charge on any atom is -0.484 e. The van der Waals surface area contributed by atoms with E-state index in [0.29, 0.717) is 17.3 Å². The third-order valence-electron chi connectivity index (χ3n) is 4.29. The SMILES string of the molecule is C[C@H](Oc1ccc(NC2=NCc3cccnc32)cc1Cl)c1ccccc1. The van der Waals surface area contributed by atoms with Crippen molar-refractivity contribution in [3.63, 3.8) is 0 Å². The summed E-state index contributed by atoms with van der Waals surface area (Å²) in [5.74, 6) is 1.42. The third-order valence-corrected chi connectivity index (χ3v) is 4.59. The summed E-state index contributed by atoms with van der Waals surface area (Å²) in [5, 5.41) is 3.85. The van der Waals surface area contributed by atoms with Crippen molar-refractivity contribution in [2.24, 2.45) is 4.99 Å². The van der Waals surface area contributed by atoms with Crippen LogP contribution in [0.2, 0.25) is 5.02 Å². The molecule has 4 rings (SSSR count). The van der Waals surface area contributed by atoms with E-state index in [1.54, 1.807) is 6.20 Å². The molecule has 0 unspecified atom stereocenters. The van der Waals surface area contributed by atoms with Crippen molar-refractivity contribution in [1.29, 1.82) is 0 Å². The van der Waals surface area contributed by atoms with Crippen LogP contribution in [0.5, 0.6) is 5.75 Å². The summed E-state index contributed by atoms with van der Waals surface area (Å²) in [4.78, 5) is 8.91. The Bertz CT molecular complexity index is 956. The highest BCUT2D eigenvalue weighted by Crippen LogP contribution is 2.32. The number of aromatic nitrogens is 1. The minimum absolute atomic E-state index is 0.0807. The van der Waals surface area contributed by atoms with E-state index in [4.69, 9.17) is 16.3 Å². The Morgan fingerprint density at radius 2 is 1.92 bits per heavy atom. The Hall–Kier alpha value is -2.85. The number of hydrogen-bond acceptors (Lipinski definition) is 4. The van der Waals surface area contributed by atoms with Gasteiger partial charge in [0, 0.05) is 17.4 Å². The van der Waals surface area contributed by atoms with Crippen LogP contribution in [-0.4, -0.2) is 10.8 Å². The van der Waals surface area contributed by atoms with Gasteiger partial charge in [0.25, 0.3) is 0 Å². The Morgan fingerprint density at radius 3 is 2.73 bits per heavy atom. The minimum atomic E-state index is -0.0807. The number of amidine groups is 1. The van der Waals surface area contributed by atoms with E-state index in [0.717, 1.165) is 28.3 Å². The lowest BCUT2D eigenvalue weighted by Crippen LogP contribution is -2.13. The van der Waals surface area contributed by atoms with Crippen LogP contribution in [0.1, 0.15) is 29.8 Å². The summed E-state index contributed by atoms with van der Waals surface area (Å²) >= 11 is 6.43. The number of pyridine rings is 1. The van der Waals surface area contributed by atoms with E-state index in [1.807, 2.05) is 67.6 Å². The van der Waals surface area contributed by atoms with Crippen LogP contribution in [0.15, 0.2) is 71.9 Å². The molecule has 4 nitrogen and oxygen atoms in total. The van der Waals surface area contributed by atoms with Gasteiger partial charge in [0.05, 0.1) is 11.6 Å². The lowest BCUT2D eigenvalue weighted by atomic mass is 10.1. The quantitative estimate of drug-likeness (QED) is 0.688. The third kappa shape index (κ3) is 3.41. The topological polar surface area (TPSA) is 46.5 Å². The monoisotopic (exact) mass is 363 g/mol. The number of fused-ring (bicyclic) bond motifs is 1. The zero-order valence-corrected chi connectivity index (χ0v) is 15.1. The van der Waals surface area contributed by atoms with Gasteiger partial charge < -0.3 is 10.1 Å². The fourth-order valence-corrected chi connectivity index (χ4v) is 3.14. The molecule has 0 fully saturated rings. The standard InChI is InChI=1S/C21H18ClN3O/c1-14(15-6-3-2-4-7-15)26-19-10-9-17(12-18(19)22)25-21-20-16(13-24-21)8-5-11-23-20/h2-12,14H,13H2,1H3,(H,24,25)/t14-/m0/s1. The molecule has 1 N–H and O–H groups in total. The van der Waals surface area contributed by atoms with Crippen molar-refractivity contribution in [3.8, 4) is 5.75 Å². The van der Waals surface area contributed by atoms with Crippen LogP contribution in [0.3, 0.4) is 0 Å². The van der Waals surface area contributed by atoms with Gasteiger partial charge in [-0.25, -0.2) is 0 Å². The lowest BCUT2D eigenvalue weighted by Gasteiger charge is -2.17. The van der Waals surface area contributed by atoms with Crippen molar-refractivity contribution in [2.45, 2.75) is 19.6 Å². The molecule has 0 spiro atoms. The van der Waals surface area contributed by atoms with Gasteiger partial charge >= 0.3 is 0 Å². The second-order valence-electron chi connectivity index (χ2n) is 6.12. The van der Waals surface area contributed by atoms with Gasteiger partial charge in [-0.1, -0.05) is 48.0 Å². The first-order valence-corrected chi connectivity index (χ1v) is 8.85. The van der Waals surface area contributed by atoms with Crippen LogP contribution in [0.4, 0.5) is 5.69 Å². The fraction of sp³-hybridized carbons (Fsp3) is 0.143. The predicted octanol–water partition coefficient (Wildman–Crippen LogP) is 5.25. The summed E-state index contributed by atoms with van der Waals surface area (Å²) in [6.45, 7) is 2.66. The number of rotatable bonds is 4. The van der Waals surface area contributed by atoms with Gasteiger partial charge in [0.1, 0.15) is 17.5 Å². The number of nitrogens with one attached hydrogen (secondary N) is 1. The molecule has 1 atom stereocenters. The maximum atomic E-state index is 6.43. The van der Waals surface area contributed by atoms with E-state index < -0.39 is 0 Å². The normalized spacial score (nSPS) is 13.7. The lowest BCUT2D eigenvalue weighted by molar-refractivity contribution is 0.227. The Kier molecular flexibility index (Phi) is 4.59. The zero-order valence-electron chi connectivity index (χ0n) is 14.3. The van der Waals surface area contributed by atoms with E-state index >= 15 is 0 Å². The van der Waals surface area contributed by atoms with Gasteiger partial charge in [-0.3, -0.25) is 9.98 Å². The van der Waals surface area contributed by atoms with Gasteiger partial charge in [0.15, 0.2) is 5.84 Å². The van der Waals surface area contributed by atoms with Crippen LogP contribution in [0.25, 0.3) is 0 Å². The number of hydrogen-bond donors (Lipinski definition) is 1. The molecule has 1 aromatic heterocycles. The number of aliphatic imine (C=N–C) groups is 1. The van der Waals surface area contributed by atoms with E-state index in [2.05, 4.69) is 15.3 Å². The average molecular weight is 364 g/mol. The van der Waals surface area contributed by atoms with Crippen LogP contribution < -0.4 is 10.1 Å². The molecule has 0 bridgehead atoms. The molecule has 1 aliphatic rings. The highest BCUT2D eigenvalue weighted by molar-refractivity contribution is 6.32. The number of benzene rings is 2. The second kappa shape index (κ2) is 7.18. The average Bonchev–Trinajstić information content (AvgIpc) is 3.08. The Labute approximate surface area is 157 Å². The highest BCUT2D eigenvalue weighted by Gasteiger charge is 2.17. The summed E-state index contributed by atoms with van der Waals surface area (Å²) in [6, 6.07) is 19.7. The maximum Gasteiger partial charge on any atom is 0.152 e. The van der Waals surface area contributed by atoms with Crippen LogP contribution in [-0.2, 0) is 6.54 Å². The molecule has 0 aliphatic carbocycles. The largest absolute Gasteiger partial charge is 0.484 e. The first kappa shape index (κ1) is 16.6. The first-order valence-electron chi connectivity index (χ1n) is 8.47. The molecule has 0 amide bonds. The molecular formula is C21H18ClN3O. The van der Waals surface area contributed by atoms with Crippen molar-refractivity contribution >= 4 is 23.1 Å². The van der Waals surface area contributed by atoms with Crippen LogP contribution in [0, 0.1) is 0 Å². The van der Waals surface area contributed by atoms with Crippen LogP contribution >= 0.6 is 11.6 Å². The van der Waals surface area contributed by atoms with E-state index in [9.17, 15) is 0 Å². The Balaban J connectivity index is 1.48. The molecule has 0 radical (unpaired) electrons. The predicted molar refractivity (Wildman–Crippen MR) is 105 cm³/mol. The summed E-state index contributed by atoms with van der Waals surface area (Å²) in [5.41, 5.74) is 3.97. The van der Waals surface area contributed by atoms with Gasteiger partial charge in [-0.2, -0.15) is 0 Å². The van der Waals surface area contributed by atoms with Crippen molar-refractivity contribution < 1.29 is 4.74 Å². The number of anilines is 1. The molecule has 0 saturated heterocycles. The van der Waals surface area contributed by atoms with Crippen molar-refractivity contribution in [2.75, 3.05) is 5.32 Å². The second-order valence-corrected chi connectivity index (χ2v) is 6.52. The van der Waals surface area contributed by atoms with Gasteiger partial charge in [-0.05, 0) is 36.8 Å². The van der Waals surface area contributed by atoms with Crippen molar-refractivity contribution in [3.05, 3.63) is 88.7 Å². The van der Waals surface area contributed by atoms with E-state index in [-0.39, 0.29) is 6.10 Å². The Morgan fingerprint density at radius 1 is 1.08 bits per heavy atom.